The second-order valence-electron chi connectivity index (χ2n) is 20.2. The quantitative estimate of drug-likeness (QED) is 0.151. The predicted octanol–water partition coefficient (Wildman–Crippen LogP) is 23.8. The van der Waals surface area contributed by atoms with Crippen LogP contribution in [0.2, 0.25) is 0 Å². The maximum absolute atomic E-state index is 6.86. The normalized spacial score (nSPS) is 12.1. The summed E-state index contributed by atoms with van der Waals surface area (Å²) in [4.78, 5) is 0. The smallest absolute Gasteiger partial charge is 0.145 e. The molecular weight excluding hydrogens is 1060 g/mol. The Kier molecular flexibility index (Phi) is 10.3. The molecule has 370 valence electrons. The molecule has 0 bridgehead atoms. The van der Waals surface area contributed by atoms with Crippen LogP contribution in [0.1, 0.15) is 0 Å². The van der Waals surface area contributed by atoms with Gasteiger partial charge in [0.2, 0.25) is 0 Å². The van der Waals surface area contributed by atoms with Crippen molar-refractivity contribution in [3.63, 3.8) is 0 Å². The van der Waals surface area contributed by atoms with Crippen LogP contribution in [0.5, 0.6) is 23.0 Å². The molecule has 0 aliphatic heterocycles. The van der Waals surface area contributed by atoms with Gasteiger partial charge in [-0.05, 0) is 106 Å². The van der Waals surface area contributed by atoms with Crippen LogP contribution in [0.3, 0.4) is 0 Å². The van der Waals surface area contributed by atoms with Crippen LogP contribution in [0.15, 0.2) is 243 Å². The van der Waals surface area contributed by atoms with Crippen LogP contribution in [0.25, 0.3) is 145 Å². The molecule has 7 heteroatoms. The van der Waals surface area contributed by atoms with Crippen LogP contribution in [0, 0.1) is 0 Å². The van der Waals surface area contributed by atoms with E-state index < -0.39 is 0 Å². The molecule has 0 N–H and O–H groups in total. The van der Waals surface area contributed by atoms with Crippen molar-refractivity contribution >= 4 is 158 Å². The molecule has 5 heterocycles. The summed E-state index contributed by atoms with van der Waals surface area (Å²) >= 11 is 9.17. The number of thiophene rings is 5. The fourth-order valence-electron chi connectivity index (χ4n) is 12.0. The van der Waals surface area contributed by atoms with Crippen molar-refractivity contribution < 1.29 is 9.47 Å². The number of hydrogen-bond donors (Lipinski definition) is 0. The largest absolute Gasteiger partial charge is 0.456 e. The number of benzene rings is 12. The van der Waals surface area contributed by atoms with Gasteiger partial charge in [0.15, 0.2) is 0 Å². The Morgan fingerprint density at radius 1 is 0.215 bits per heavy atom. The lowest BCUT2D eigenvalue weighted by Gasteiger charge is -2.17. The van der Waals surface area contributed by atoms with Gasteiger partial charge in [0.25, 0.3) is 0 Å². The Morgan fingerprint density at radius 3 is 1.15 bits per heavy atom. The zero-order chi connectivity index (χ0) is 51.7. The van der Waals surface area contributed by atoms with Crippen LogP contribution in [-0.4, -0.2) is 0 Å². The summed E-state index contributed by atoms with van der Waals surface area (Å²) in [6, 6.07) is 88.6. The Labute approximate surface area is 473 Å². The highest BCUT2D eigenvalue weighted by Crippen LogP contribution is 2.50. The second-order valence-corrected chi connectivity index (χ2v) is 25.5. The second kappa shape index (κ2) is 17.9. The van der Waals surface area contributed by atoms with Gasteiger partial charge in [0.1, 0.15) is 23.0 Å². The van der Waals surface area contributed by atoms with E-state index in [9.17, 15) is 0 Å². The van der Waals surface area contributed by atoms with E-state index >= 15 is 0 Å². The molecule has 5 aromatic heterocycles. The third-order valence-corrected chi connectivity index (χ3v) is 21.6. The van der Waals surface area contributed by atoms with Gasteiger partial charge < -0.3 is 9.47 Å². The molecule has 0 aliphatic carbocycles. The van der Waals surface area contributed by atoms with E-state index in [4.69, 9.17) is 9.47 Å². The molecule has 0 radical (unpaired) electrons. The van der Waals surface area contributed by atoms with Gasteiger partial charge in [-0.2, -0.15) is 0 Å². The molecule has 0 amide bonds. The van der Waals surface area contributed by atoms with Gasteiger partial charge in [-0.25, -0.2) is 0 Å². The Hall–Kier alpha value is -8.66. The maximum Gasteiger partial charge on any atom is 0.145 e. The average molecular weight is 1100 g/mol. The molecule has 0 fully saturated rings. The Balaban J connectivity index is 0.707. The minimum Gasteiger partial charge on any atom is -0.456 e. The summed E-state index contributed by atoms with van der Waals surface area (Å²) in [6.07, 6.45) is 0. The molecule has 0 unspecified atom stereocenters. The third-order valence-electron chi connectivity index (χ3n) is 15.6. The third kappa shape index (κ3) is 7.31. The fraction of sp³-hybridized carbons (Fsp3) is 0. The summed E-state index contributed by atoms with van der Waals surface area (Å²) in [6.45, 7) is 0. The van der Waals surface area contributed by atoms with Gasteiger partial charge in [-0.1, -0.05) is 170 Å². The van der Waals surface area contributed by atoms with Gasteiger partial charge in [-0.15, -0.1) is 56.7 Å². The first-order valence-corrected chi connectivity index (χ1v) is 30.4. The van der Waals surface area contributed by atoms with E-state index in [2.05, 4.69) is 243 Å². The van der Waals surface area contributed by atoms with Crippen molar-refractivity contribution in [2.24, 2.45) is 0 Å². The van der Waals surface area contributed by atoms with Crippen molar-refractivity contribution in [1.82, 2.24) is 0 Å². The lowest BCUT2D eigenvalue weighted by molar-refractivity contribution is 0.489. The van der Waals surface area contributed by atoms with E-state index in [1.807, 2.05) is 22.7 Å². The Morgan fingerprint density at radius 2 is 0.608 bits per heavy atom. The number of hydrogen-bond acceptors (Lipinski definition) is 7. The van der Waals surface area contributed by atoms with Crippen LogP contribution in [0.4, 0.5) is 0 Å². The van der Waals surface area contributed by atoms with Gasteiger partial charge in [-0.3, -0.25) is 0 Å². The highest BCUT2D eigenvalue weighted by atomic mass is 32.1. The van der Waals surface area contributed by atoms with E-state index in [0.717, 1.165) is 38.5 Å². The molecule has 17 aromatic rings. The zero-order valence-electron chi connectivity index (χ0n) is 42.0. The molecular formula is C72H40O2S5. The van der Waals surface area contributed by atoms with Gasteiger partial charge >= 0.3 is 0 Å². The summed E-state index contributed by atoms with van der Waals surface area (Å²) < 4.78 is 26.0. The first-order chi connectivity index (χ1) is 39.1. The van der Waals surface area contributed by atoms with Crippen molar-refractivity contribution in [3.8, 4) is 67.5 Å². The molecule has 12 aromatic carbocycles. The lowest BCUT2D eigenvalue weighted by atomic mass is 9.87. The van der Waals surface area contributed by atoms with E-state index in [-0.39, 0.29) is 0 Å². The topological polar surface area (TPSA) is 18.5 Å². The number of ether oxygens (including phenoxy) is 2. The SMILES string of the molecule is c1ccc(-c2c(-c3cccc4c3sc3ccccc34)cccc2-c2cccc3c2sc2cc(-c4ccc5c(c4)sc4c(Oc6ccc7sc8ccc(Oc9cccc%10c9sc9ccccc9%10)cc8c7c6)cccc45)ccc23)cc1. The van der Waals surface area contributed by atoms with Crippen molar-refractivity contribution in [3.05, 3.63) is 243 Å². The molecule has 17 rings (SSSR count). The van der Waals surface area contributed by atoms with Crippen LogP contribution < -0.4 is 9.47 Å². The first kappa shape index (κ1) is 45.4. The van der Waals surface area contributed by atoms with E-state index in [1.54, 1.807) is 34.0 Å². The zero-order valence-corrected chi connectivity index (χ0v) is 46.0. The molecule has 2 nitrogen and oxygen atoms in total. The van der Waals surface area contributed by atoms with Crippen LogP contribution >= 0.6 is 56.7 Å². The minimum atomic E-state index is 0.813. The first-order valence-electron chi connectivity index (χ1n) is 26.3. The van der Waals surface area contributed by atoms with Gasteiger partial charge in [0.05, 0.1) is 9.40 Å². The highest BCUT2D eigenvalue weighted by molar-refractivity contribution is 7.28. The average Bonchev–Trinajstić information content (AvgIpc) is 4.49. The summed E-state index contributed by atoms with van der Waals surface area (Å²) in [5.74, 6) is 3.38. The summed E-state index contributed by atoms with van der Waals surface area (Å²) in [5, 5.41) is 12.4. The number of fused-ring (bicyclic) bond motifs is 15. The fourth-order valence-corrected chi connectivity index (χ4v) is 17.9. The molecule has 0 saturated heterocycles. The van der Waals surface area contributed by atoms with Crippen LogP contribution in [-0.2, 0) is 0 Å². The predicted molar refractivity (Wildman–Crippen MR) is 346 cm³/mol. The molecule has 0 atom stereocenters. The van der Waals surface area contributed by atoms with E-state index in [1.165, 1.54) is 130 Å². The Bertz CT molecular complexity index is 5340. The monoisotopic (exact) mass is 1100 g/mol. The standard InChI is InChI=1S/C72H40O2S5/c1-2-13-41(14-3-1)68-50(56-21-9-19-52-46-15-4-6-27-62(46)76-69(52)56)17-8-18-51(68)57-22-10-20-53-48-33-29-42(37-66(48)78-70(53)57)43-30-34-49-55-24-12-26-61(72(55)79-67(49)38-43)74-45-32-36-65-59(40-45)58-39-44(31-35-64(58)75-65)73-60-25-11-23-54-47-16-5-7-28-63(47)77-71(54)60/h1-40H. The van der Waals surface area contributed by atoms with Crippen molar-refractivity contribution in [1.29, 1.82) is 0 Å². The molecule has 0 spiro atoms. The molecule has 0 saturated carbocycles. The van der Waals surface area contributed by atoms with Crippen molar-refractivity contribution in [2.45, 2.75) is 0 Å². The minimum absolute atomic E-state index is 0.813. The summed E-state index contributed by atoms with van der Waals surface area (Å²) in [7, 11) is 0. The highest BCUT2D eigenvalue weighted by Gasteiger charge is 2.21. The van der Waals surface area contributed by atoms with Crippen molar-refractivity contribution in [2.75, 3.05) is 0 Å². The lowest BCUT2D eigenvalue weighted by Crippen LogP contribution is -1.91. The van der Waals surface area contributed by atoms with Gasteiger partial charge in [0, 0.05) is 103 Å². The summed E-state index contributed by atoms with van der Waals surface area (Å²) in [5.41, 5.74) is 9.92. The molecule has 79 heavy (non-hydrogen) atoms. The molecule has 0 aliphatic rings. The maximum atomic E-state index is 6.86. The van der Waals surface area contributed by atoms with E-state index in [0.29, 0.717) is 0 Å². The number of rotatable bonds is 8.